The van der Waals surface area contributed by atoms with Crippen LogP contribution in [0.15, 0.2) is 16.9 Å². The van der Waals surface area contributed by atoms with E-state index in [-0.39, 0.29) is 11.9 Å². The van der Waals surface area contributed by atoms with Gasteiger partial charge in [-0.25, -0.2) is 0 Å². The van der Waals surface area contributed by atoms with Gasteiger partial charge in [-0.3, -0.25) is 9.89 Å². The van der Waals surface area contributed by atoms with Crippen molar-refractivity contribution in [2.75, 3.05) is 7.05 Å². The van der Waals surface area contributed by atoms with Crippen LogP contribution in [0.1, 0.15) is 46.8 Å². The molecule has 0 radical (unpaired) electrons. The lowest BCUT2D eigenvalue weighted by Crippen LogP contribution is -2.30. The summed E-state index contributed by atoms with van der Waals surface area (Å²) in [5.41, 5.74) is 3.46. The number of hydrogen-bond acceptors (Lipinski definition) is 4. The Kier molecular flexibility index (Phi) is 2.85. The SMILES string of the molecule is C[C@H](c1ccon1)N(C)C(=O)c1n[nH]c2c1CCC2. The Morgan fingerprint density at radius 2 is 2.37 bits per heavy atom. The molecule has 1 atom stereocenters. The van der Waals surface area contributed by atoms with Crippen LogP contribution in [0.2, 0.25) is 0 Å². The van der Waals surface area contributed by atoms with Crippen LogP contribution >= 0.6 is 0 Å². The highest BCUT2D eigenvalue weighted by Gasteiger charge is 2.28. The number of aromatic nitrogens is 3. The number of fused-ring (bicyclic) bond motifs is 1. The van der Waals surface area contributed by atoms with E-state index < -0.39 is 0 Å². The van der Waals surface area contributed by atoms with E-state index >= 15 is 0 Å². The minimum Gasteiger partial charge on any atom is -0.364 e. The van der Waals surface area contributed by atoms with Gasteiger partial charge in [-0.1, -0.05) is 5.16 Å². The van der Waals surface area contributed by atoms with E-state index in [1.807, 2.05) is 6.92 Å². The summed E-state index contributed by atoms with van der Waals surface area (Å²) in [6.45, 7) is 1.92. The van der Waals surface area contributed by atoms with Gasteiger partial charge in [0.25, 0.3) is 5.91 Å². The molecule has 2 heterocycles. The smallest absolute Gasteiger partial charge is 0.274 e. The third-order valence-corrected chi connectivity index (χ3v) is 3.80. The van der Waals surface area contributed by atoms with Crippen molar-refractivity contribution < 1.29 is 9.32 Å². The number of carbonyl (C=O) groups is 1. The van der Waals surface area contributed by atoms with Crippen LogP contribution in [0.25, 0.3) is 0 Å². The van der Waals surface area contributed by atoms with E-state index in [1.54, 1.807) is 18.0 Å². The molecule has 6 heteroatoms. The molecule has 19 heavy (non-hydrogen) atoms. The molecule has 0 aliphatic heterocycles. The van der Waals surface area contributed by atoms with Crippen molar-refractivity contribution >= 4 is 5.91 Å². The average molecular weight is 260 g/mol. The second-order valence-electron chi connectivity index (χ2n) is 4.90. The molecule has 0 saturated heterocycles. The quantitative estimate of drug-likeness (QED) is 0.911. The maximum absolute atomic E-state index is 12.5. The fourth-order valence-electron chi connectivity index (χ4n) is 2.47. The van der Waals surface area contributed by atoms with E-state index in [1.165, 1.54) is 6.26 Å². The molecule has 100 valence electrons. The van der Waals surface area contributed by atoms with Gasteiger partial charge in [0.15, 0.2) is 5.69 Å². The van der Waals surface area contributed by atoms with E-state index in [4.69, 9.17) is 4.52 Å². The zero-order chi connectivity index (χ0) is 13.4. The van der Waals surface area contributed by atoms with Crippen molar-refractivity contribution in [1.29, 1.82) is 0 Å². The molecule has 1 aliphatic carbocycles. The Bertz CT molecular complexity index is 588. The Balaban J connectivity index is 1.83. The summed E-state index contributed by atoms with van der Waals surface area (Å²) in [5, 5.41) is 11.0. The maximum atomic E-state index is 12.5. The highest BCUT2D eigenvalue weighted by atomic mass is 16.5. The zero-order valence-electron chi connectivity index (χ0n) is 11.0. The molecule has 3 rings (SSSR count). The maximum Gasteiger partial charge on any atom is 0.274 e. The van der Waals surface area contributed by atoms with Crippen molar-refractivity contribution in [3.8, 4) is 0 Å². The zero-order valence-corrected chi connectivity index (χ0v) is 11.0. The third kappa shape index (κ3) is 1.93. The lowest BCUT2D eigenvalue weighted by molar-refractivity contribution is 0.0730. The average Bonchev–Trinajstić information content (AvgIpc) is 3.11. The Morgan fingerprint density at radius 3 is 3.11 bits per heavy atom. The molecule has 2 aromatic heterocycles. The van der Waals surface area contributed by atoms with Crippen molar-refractivity contribution in [3.05, 3.63) is 35.0 Å². The summed E-state index contributed by atoms with van der Waals surface area (Å²) in [6.07, 6.45) is 4.51. The standard InChI is InChI=1S/C13H16N4O2/c1-8(10-6-7-19-16-10)17(2)13(18)12-9-4-3-5-11(9)14-15-12/h6-8H,3-5H2,1-2H3,(H,14,15)/t8-/m1/s1. The summed E-state index contributed by atoms with van der Waals surface area (Å²) in [7, 11) is 1.76. The normalized spacial score (nSPS) is 15.3. The van der Waals surface area contributed by atoms with Gasteiger partial charge in [0.1, 0.15) is 12.0 Å². The lowest BCUT2D eigenvalue weighted by Gasteiger charge is -2.22. The van der Waals surface area contributed by atoms with Crippen LogP contribution in [-0.2, 0) is 12.8 Å². The van der Waals surface area contributed by atoms with Gasteiger partial charge < -0.3 is 9.42 Å². The Labute approximate surface area is 110 Å². The lowest BCUT2D eigenvalue weighted by atomic mass is 10.1. The van der Waals surface area contributed by atoms with Gasteiger partial charge in [-0.2, -0.15) is 5.10 Å². The predicted octanol–water partition coefficient (Wildman–Crippen LogP) is 1.72. The number of hydrogen-bond donors (Lipinski definition) is 1. The molecule has 6 nitrogen and oxygen atoms in total. The molecule has 0 spiro atoms. The fraction of sp³-hybridized carbons (Fsp3) is 0.462. The Morgan fingerprint density at radius 1 is 1.53 bits per heavy atom. The van der Waals surface area contributed by atoms with E-state index in [9.17, 15) is 4.79 Å². The van der Waals surface area contributed by atoms with Crippen LogP contribution in [0.3, 0.4) is 0 Å². The number of amides is 1. The van der Waals surface area contributed by atoms with Gasteiger partial charge in [0, 0.05) is 24.4 Å². The molecular weight excluding hydrogens is 244 g/mol. The molecule has 0 unspecified atom stereocenters. The molecule has 1 N–H and O–H groups in total. The summed E-state index contributed by atoms with van der Waals surface area (Å²) < 4.78 is 4.82. The van der Waals surface area contributed by atoms with Crippen molar-refractivity contribution in [2.24, 2.45) is 0 Å². The van der Waals surface area contributed by atoms with Gasteiger partial charge in [0.2, 0.25) is 0 Å². The van der Waals surface area contributed by atoms with Gasteiger partial charge >= 0.3 is 0 Å². The van der Waals surface area contributed by atoms with Crippen molar-refractivity contribution in [1.82, 2.24) is 20.3 Å². The molecule has 0 saturated carbocycles. The van der Waals surface area contributed by atoms with Gasteiger partial charge in [-0.15, -0.1) is 0 Å². The first-order valence-electron chi connectivity index (χ1n) is 6.42. The van der Waals surface area contributed by atoms with E-state index in [0.29, 0.717) is 5.69 Å². The summed E-state index contributed by atoms with van der Waals surface area (Å²) in [6, 6.07) is 1.63. The van der Waals surface area contributed by atoms with Crippen molar-refractivity contribution in [2.45, 2.75) is 32.2 Å². The summed E-state index contributed by atoms with van der Waals surface area (Å²) in [5.74, 6) is -0.0742. The predicted molar refractivity (Wildman–Crippen MR) is 67.6 cm³/mol. The second kappa shape index (κ2) is 4.53. The molecule has 0 bridgehead atoms. The van der Waals surface area contributed by atoms with Crippen LogP contribution < -0.4 is 0 Å². The molecular formula is C13H16N4O2. The summed E-state index contributed by atoms with van der Waals surface area (Å²) >= 11 is 0. The molecule has 1 aliphatic rings. The van der Waals surface area contributed by atoms with Crippen LogP contribution in [0.4, 0.5) is 0 Å². The highest BCUT2D eigenvalue weighted by molar-refractivity contribution is 5.94. The van der Waals surface area contributed by atoms with Crippen LogP contribution in [0.5, 0.6) is 0 Å². The molecule has 0 fully saturated rings. The van der Waals surface area contributed by atoms with Gasteiger partial charge in [-0.05, 0) is 26.2 Å². The molecule has 2 aromatic rings. The number of rotatable bonds is 3. The number of aromatic amines is 1. The van der Waals surface area contributed by atoms with Crippen molar-refractivity contribution in [3.63, 3.8) is 0 Å². The largest absolute Gasteiger partial charge is 0.364 e. The molecule has 1 amide bonds. The van der Waals surface area contributed by atoms with E-state index in [2.05, 4.69) is 15.4 Å². The Hall–Kier alpha value is -2.11. The minimum atomic E-state index is -0.139. The van der Waals surface area contributed by atoms with Crippen LogP contribution in [0, 0.1) is 0 Å². The first-order valence-corrected chi connectivity index (χ1v) is 6.42. The first-order chi connectivity index (χ1) is 9.18. The number of aryl methyl sites for hydroxylation is 1. The summed E-state index contributed by atoms with van der Waals surface area (Å²) in [4.78, 5) is 14.1. The van der Waals surface area contributed by atoms with Gasteiger partial charge in [0.05, 0.1) is 6.04 Å². The number of nitrogens with one attached hydrogen (secondary N) is 1. The number of carbonyl (C=O) groups excluding carboxylic acids is 1. The highest BCUT2D eigenvalue weighted by Crippen LogP contribution is 2.25. The minimum absolute atomic E-state index is 0.0742. The number of nitrogens with zero attached hydrogens (tertiary/aromatic N) is 3. The first kappa shape index (κ1) is 12.0. The second-order valence-corrected chi connectivity index (χ2v) is 4.90. The van der Waals surface area contributed by atoms with Crippen LogP contribution in [-0.4, -0.2) is 33.2 Å². The number of H-pyrrole nitrogens is 1. The topological polar surface area (TPSA) is 75.0 Å². The third-order valence-electron chi connectivity index (χ3n) is 3.80. The molecule has 0 aromatic carbocycles. The monoisotopic (exact) mass is 260 g/mol. The fourth-order valence-corrected chi connectivity index (χ4v) is 2.47. The van der Waals surface area contributed by atoms with E-state index in [0.717, 1.165) is 36.2 Å².